The van der Waals surface area contributed by atoms with Gasteiger partial charge in [-0.05, 0) is 92.4 Å². The summed E-state index contributed by atoms with van der Waals surface area (Å²) >= 11 is 0. The van der Waals surface area contributed by atoms with Crippen LogP contribution >= 0.6 is 0 Å². The van der Waals surface area contributed by atoms with Crippen LogP contribution in [0.1, 0.15) is 16.7 Å². The molecule has 0 aliphatic heterocycles. The predicted octanol–water partition coefficient (Wildman–Crippen LogP) is 9.90. The van der Waals surface area contributed by atoms with Gasteiger partial charge in [0.15, 0.2) is 0 Å². The third-order valence-corrected chi connectivity index (χ3v) is 7.63. The molecule has 0 saturated heterocycles. The minimum absolute atomic E-state index is 1.28. The van der Waals surface area contributed by atoms with Crippen molar-refractivity contribution in [2.75, 3.05) is 0 Å². The van der Waals surface area contributed by atoms with Crippen molar-refractivity contribution in [3.63, 3.8) is 0 Å². The van der Waals surface area contributed by atoms with Gasteiger partial charge in [-0.2, -0.15) is 0 Å². The number of fused-ring (bicyclic) bond motifs is 4. The van der Waals surface area contributed by atoms with E-state index in [4.69, 9.17) is 0 Å². The average Bonchev–Trinajstić information content (AvgIpc) is 3.19. The zero-order valence-electron chi connectivity index (χ0n) is 20.3. The van der Waals surface area contributed by atoms with E-state index < -0.39 is 0 Å². The molecular formula is C35H26. The second kappa shape index (κ2) is 7.42. The van der Waals surface area contributed by atoms with E-state index >= 15 is 0 Å². The number of hydrogen-bond donors (Lipinski definition) is 0. The number of aryl methyl sites for hydroxylation is 3. The van der Waals surface area contributed by atoms with Crippen LogP contribution in [0.4, 0.5) is 0 Å². The number of benzene rings is 6. The Morgan fingerprint density at radius 1 is 0.400 bits per heavy atom. The van der Waals surface area contributed by atoms with Crippen LogP contribution in [0.3, 0.4) is 0 Å². The Balaban J connectivity index is 1.77. The molecule has 0 amide bonds. The Labute approximate surface area is 206 Å². The molecule has 1 aliphatic carbocycles. The van der Waals surface area contributed by atoms with Gasteiger partial charge in [0.1, 0.15) is 0 Å². The maximum absolute atomic E-state index is 2.35. The van der Waals surface area contributed by atoms with E-state index in [0.29, 0.717) is 0 Å². The van der Waals surface area contributed by atoms with Gasteiger partial charge in [0, 0.05) is 0 Å². The maximum Gasteiger partial charge on any atom is -0.000741 e. The zero-order chi connectivity index (χ0) is 23.7. The highest BCUT2D eigenvalue weighted by Crippen LogP contribution is 2.57. The molecule has 0 heterocycles. The lowest BCUT2D eigenvalue weighted by molar-refractivity contribution is 1.47. The first-order valence-electron chi connectivity index (χ1n) is 12.4. The van der Waals surface area contributed by atoms with Gasteiger partial charge < -0.3 is 0 Å². The van der Waals surface area contributed by atoms with Crippen LogP contribution in [0.5, 0.6) is 0 Å². The average molecular weight is 447 g/mol. The molecule has 0 unspecified atom stereocenters. The van der Waals surface area contributed by atoms with Crippen molar-refractivity contribution < 1.29 is 0 Å². The van der Waals surface area contributed by atoms with E-state index in [0.717, 1.165) is 0 Å². The highest BCUT2D eigenvalue weighted by molar-refractivity contribution is 6.27. The lowest BCUT2D eigenvalue weighted by Gasteiger charge is -2.21. The molecule has 6 aromatic carbocycles. The summed E-state index contributed by atoms with van der Waals surface area (Å²) in [6.07, 6.45) is 0. The Morgan fingerprint density at radius 3 is 1.49 bits per heavy atom. The normalized spacial score (nSPS) is 11.9. The molecule has 0 aromatic heterocycles. The van der Waals surface area contributed by atoms with Crippen LogP contribution in [0.2, 0.25) is 0 Å². The van der Waals surface area contributed by atoms with E-state index in [2.05, 4.69) is 124 Å². The van der Waals surface area contributed by atoms with Gasteiger partial charge in [-0.3, -0.25) is 0 Å². The Bertz CT molecular complexity index is 1720. The quantitative estimate of drug-likeness (QED) is 0.248. The lowest BCUT2D eigenvalue weighted by Crippen LogP contribution is -1.94. The molecule has 0 heteroatoms. The highest BCUT2D eigenvalue weighted by atomic mass is 14.3. The van der Waals surface area contributed by atoms with Crippen LogP contribution in [0.15, 0.2) is 103 Å². The van der Waals surface area contributed by atoms with Crippen LogP contribution in [0.25, 0.3) is 66.1 Å². The van der Waals surface area contributed by atoms with E-state index in [9.17, 15) is 0 Å². The Kier molecular flexibility index (Phi) is 4.29. The predicted molar refractivity (Wildman–Crippen MR) is 151 cm³/mol. The fourth-order valence-corrected chi connectivity index (χ4v) is 6.15. The molecular weight excluding hydrogens is 420 g/mol. The Hall–Kier alpha value is -4.16. The minimum atomic E-state index is 1.28. The summed E-state index contributed by atoms with van der Waals surface area (Å²) in [5.74, 6) is 0. The van der Waals surface area contributed by atoms with Crippen molar-refractivity contribution in [2.45, 2.75) is 20.8 Å². The maximum atomic E-state index is 2.35. The summed E-state index contributed by atoms with van der Waals surface area (Å²) in [6.45, 7) is 6.60. The van der Waals surface area contributed by atoms with Crippen molar-refractivity contribution in [3.05, 3.63) is 120 Å². The molecule has 0 saturated carbocycles. The van der Waals surface area contributed by atoms with Gasteiger partial charge in [-0.1, -0.05) is 114 Å². The fraction of sp³-hybridized carbons (Fsp3) is 0.0857. The van der Waals surface area contributed by atoms with Crippen molar-refractivity contribution in [1.29, 1.82) is 0 Å². The number of rotatable bonds is 2. The van der Waals surface area contributed by atoms with Crippen LogP contribution in [-0.2, 0) is 0 Å². The van der Waals surface area contributed by atoms with Gasteiger partial charge >= 0.3 is 0 Å². The molecule has 0 fully saturated rings. The summed E-state index contributed by atoms with van der Waals surface area (Å²) in [7, 11) is 0. The van der Waals surface area contributed by atoms with E-state index in [1.807, 2.05) is 0 Å². The molecule has 7 rings (SSSR count). The number of hydrogen-bond acceptors (Lipinski definition) is 0. The molecule has 0 N–H and O–H groups in total. The molecule has 0 spiro atoms. The summed E-state index contributed by atoms with van der Waals surface area (Å²) in [5.41, 5.74) is 14.6. The standard InChI is InChI=1S/C35H26/c1-21-9-6-11-24(19-21)31-27-13-4-5-14-28(27)32(25-12-7-10-22(2)20-25)35-30-18-17-23(3)26-15-8-16-29(33(26)30)34(31)35/h4-20H,1-3H3. The third-order valence-electron chi connectivity index (χ3n) is 7.63. The molecule has 0 radical (unpaired) electrons. The van der Waals surface area contributed by atoms with Gasteiger partial charge in [0.25, 0.3) is 0 Å². The monoisotopic (exact) mass is 446 g/mol. The topological polar surface area (TPSA) is 0 Å². The largest absolute Gasteiger partial charge is 0.0616 e. The lowest BCUT2D eigenvalue weighted by atomic mass is 9.82. The molecule has 35 heavy (non-hydrogen) atoms. The minimum Gasteiger partial charge on any atom is -0.0616 e. The van der Waals surface area contributed by atoms with Crippen LogP contribution < -0.4 is 0 Å². The second-order valence-electron chi connectivity index (χ2n) is 9.94. The molecule has 0 bridgehead atoms. The smallest absolute Gasteiger partial charge is 0.000741 e. The van der Waals surface area contributed by atoms with Gasteiger partial charge in [0.2, 0.25) is 0 Å². The SMILES string of the molecule is Cc1cccc(-c2c3c(c(-c4cccc(C)c4)c4ccccc24)-c2ccc(C)c4cccc-3c24)c1. The van der Waals surface area contributed by atoms with Gasteiger partial charge in [-0.15, -0.1) is 0 Å². The van der Waals surface area contributed by atoms with E-state index in [1.165, 1.54) is 82.7 Å². The first-order valence-corrected chi connectivity index (χ1v) is 12.4. The van der Waals surface area contributed by atoms with Crippen LogP contribution in [-0.4, -0.2) is 0 Å². The molecule has 0 nitrogen and oxygen atoms in total. The van der Waals surface area contributed by atoms with Gasteiger partial charge in [-0.25, -0.2) is 0 Å². The van der Waals surface area contributed by atoms with Crippen LogP contribution in [0, 0.1) is 20.8 Å². The molecule has 1 aliphatic rings. The highest BCUT2D eigenvalue weighted by Gasteiger charge is 2.30. The first kappa shape index (κ1) is 20.2. The van der Waals surface area contributed by atoms with Crippen molar-refractivity contribution in [1.82, 2.24) is 0 Å². The fourth-order valence-electron chi connectivity index (χ4n) is 6.15. The molecule has 0 atom stereocenters. The zero-order valence-corrected chi connectivity index (χ0v) is 20.3. The van der Waals surface area contributed by atoms with E-state index in [1.54, 1.807) is 0 Å². The second-order valence-corrected chi connectivity index (χ2v) is 9.94. The summed E-state index contributed by atoms with van der Waals surface area (Å²) in [6, 6.07) is 38.4. The van der Waals surface area contributed by atoms with Gasteiger partial charge in [0.05, 0.1) is 0 Å². The third kappa shape index (κ3) is 2.87. The van der Waals surface area contributed by atoms with Crippen molar-refractivity contribution in [3.8, 4) is 44.5 Å². The summed E-state index contributed by atoms with van der Waals surface area (Å²) in [5, 5.41) is 5.37. The molecule has 166 valence electrons. The Morgan fingerprint density at radius 2 is 0.914 bits per heavy atom. The summed E-state index contributed by atoms with van der Waals surface area (Å²) in [4.78, 5) is 0. The summed E-state index contributed by atoms with van der Waals surface area (Å²) < 4.78 is 0. The van der Waals surface area contributed by atoms with Crippen molar-refractivity contribution in [2.24, 2.45) is 0 Å². The first-order chi connectivity index (χ1) is 17.1. The van der Waals surface area contributed by atoms with E-state index in [-0.39, 0.29) is 0 Å². The molecule has 6 aromatic rings. The van der Waals surface area contributed by atoms with Crippen molar-refractivity contribution >= 4 is 21.5 Å².